The van der Waals surface area contributed by atoms with E-state index in [1.54, 1.807) is 0 Å². The lowest BCUT2D eigenvalue weighted by atomic mass is 9.71. The molecule has 0 aromatic carbocycles. The van der Waals surface area contributed by atoms with Gasteiger partial charge in [-0.05, 0) is 63.8 Å². The first-order valence-corrected chi connectivity index (χ1v) is 8.65. The zero-order chi connectivity index (χ0) is 14.3. The summed E-state index contributed by atoms with van der Waals surface area (Å²) in [6.45, 7) is 8.10. The summed E-state index contributed by atoms with van der Waals surface area (Å²) < 4.78 is 0. The molecular weight excluding hydrogens is 248 g/mol. The molecule has 1 saturated carbocycles. The number of piperidine rings is 2. The van der Waals surface area contributed by atoms with Gasteiger partial charge < -0.3 is 10.0 Å². The second-order valence-corrected chi connectivity index (χ2v) is 7.96. The SMILES string of the molecule is C[C@@H]1C[C@H](O)CN([C@H]2CC[C@H]3CN(C)[C@H](C)C[C@H]3C2)C1. The Morgan fingerprint density at radius 1 is 0.900 bits per heavy atom. The summed E-state index contributed by atoms with van der Waals surface area (Å²) in [5, 5.41) is 10.0. The van der Waals surface area contributed by atoms with Crippen LogP contribution in [0.25, 0.3) is 0 Å². The Labute approximate surface area is 124 Å². The van der Waals surface area contributed by atoms with E-state index in [4.69, 9.17) is 0 Å². The van der Waals surface area contributed by atoms with E-state index in [2.05, 4.69) is 30.7 Å². The third-order valence-electron chi connectivity index (χ3n) is 6.21. The molecule has 116 valence electrons. The second kappa shape index (κ2) is 5.94. The molecule has 20 heavy (non-hydrogen) atoms. The second-order valence-electron chi connectivity index (χ2n) is 7.96. The van der Waals surface area contributed by atoms with Crippen LogP contribution in [-0.4, -0.2) is 59.8 Å². The largest absolute Gasteiger partial charge is 0.392 e. The predicted octanol–water partition coefficient (Wildman–Crippen LogP) is 2.20. The van der Waals surface area contributed by atoms with Gasteiger partial charge in [-0.15, -0.1) is 0 Å². The number of β-amino-alcohol motifs (C(OH)–C–C–N with tert-alkyl or cyclic N) is 1. The fourth-order valence-electron chi connectivity index (χ4n) is 4.99. The fraction of sp³-hybridized carbons (Fsp3) is 1.00. The number of likely N-dealkylation sites (tertiary alicyclic amines) is 2. The molecule has 0 aromatic rings. The Balaban J connectivity index is 1.60. The van der Waals surface area contributed by atoms with E-state index in [1.807, 2.05) is 0 Å². The van der Waals surface area contributed by atoms with Gasteiger partial charge in [0, 0.05) is 31.7 Å². The van der Waals surface area contributed by atoms with Crippen molar-refractivity contribution in [3.05, 3.63) is 0 Å². The lowest BCUT2D eigenvalue weighted by Gasteiger charge is -2.49. The number of aliphatic hydroxyl groups excluding tert-OH is 1. The minimum absolute atomic E-state index is 0.0899. The van der Waals surface area contributed by atoms with Crippen LogP contribution < -0.4 is 0 Å². The Bertz CT molecular complexity index is 325. The van der Waals surface area contributed by atoms with Crippen molar-refractivity contribution >= 4 is 0 Å². The van der Waals surface area contributed by atoms with Crippen molar-refractivity contribution in [3.8, 4) is 0 Å². The molecule has 2 saturated heterocycles. The Morgan fingerprint density at radius 2 is 1.70 bits per heavy atom. The van der Waals surface area contributed by atoms with E-state index < -0.39 is 0 Å². The van der Waals surface area contributed by atoms with Gasteiger partial charge in [-0.2, -0.15) is 0 Å². The predicted molar refractivity (Wildman–Crippen MR) is 82.7 cm³/mol. The van der Waals surface area contributed by atoms with Crippen molar-refractivity contribution in [1.82, 2.24) is 9.80 Å². The molecule has 1 N–H and O–H groups in total. The Morgan fingerprint density at radius 3 is 2.45 bits per heavy atom. The molecule has 6 atom stereocenters. The highest BCUT2D eigenvalue weighted by Gasteiger charge is 2.39. The molecular formula is C17H32N2O. The maximum absolute atomic E-state index is 10.0. The number of hydrogen-bond donors (Lipinski definition) is 1. The van der Waals surface area contributed by atoms with E-state index in [0.717, 1.165) is 36.9 Å². The minimum atomic E-state index is -0.0899. The van der Waals surface area contributed by atoms with Crippen molar-refractivity contribution in [2.24, 2.45) is 17.8 Å². The first-order chi connectivity index (χ1) is 9.52. The zero-order valence-corrected chi connectivity index (χ0v) is 13.5. The highest BCUT2D eigenvalue weighted by molar-refractivity contribution is 4.93. The summed E-state index contributed by atoms with van der Waals surface area (Å²) >= 11 is 0. The molecule has 2 heterocycles. The van der Waals surface area contributed by atoms with E-state index in [-0.39, 0.29) is 6.10 Å². The molecule has 0 bridgehead atoms. The summed E-state index contributed by atoms with van der Waals surface area (Å²) in [6, 6.07) is 1.49. The first kappa shape index (κ1) is 14.8. The van der Waals surface area contributed by atoms with E-state index in [0.29, 0.717) is 5.92 Å². The molecule has 3 rings (SSSR count). The molecule has 0 spiro atoms. The van der Waals surface area contributed by atoms with Gasteiger partial charge in [-0.25, -0.2) is 0 Å². The number of rotatable bonds is 1. The quantitative estimate of drug-likeness (QED) is 0.798. The van der Waals surface area contributed by atoms with Crippen molar-refractivity contribution < 1.29 is 5.11 Å². The van der Waals surface area contributed by atoms with Gasteiger partial charge in [0.05, 0.1) is 6.10 Å². The van der Waals surface area contributed by atoms with Crippen LogP contribution in [0.4, 0.5) is 0 Å². The van der Waals surface area contributed by atoms with Crippen LogP contribution in [0.5, 0.6) is 0 Å². The van der Waals surface area contributed by atoms with Gasteiger partial charge in [0.25, 0.3) is 0 Å². The van der Waals surface area contributed by atoms with Gasteiger partial charge in [0.15, 0.2) is 0 Å². The smallest absolute Gasteiger partial charge is 0.0670 e. The lowest BCUT2D eigenvalue weighted by molar-refractivity contribution is -0.0190. The molecule has 1 aliphatic carbocycles. The Hall–Kier alpha value is -0.120. The molecule has 3 heteroatoms. The van der Waals surface area contributed by atoms with Crippen LogP contribution in [0.2, 0.25) is 0 Å². The van der Waals surface area contributed by atoms with Crippen LogP contribution in [0.3, 0.4) is 0 Å². The Kier molecular flexibility index (Phi) is 4.40. The fourth-order valence-corrected chi connectivity index (χ4v) is 4.99. The summed E-state index contributed by atoms with van der Waals surface area (Å²) in [4.78, 5) is 5.16. The van der Waals surface area contributed by atoms with Crippen molar-refractivity contribution in [3.63, 3.8) is 0 Å². The van der Waals surface area contributed by atoms with Crippen LogP contribution in [0.15, 0.2) is 0 Å². The third kappa shape index (κ3) is 3.05. The molecule has 0 unspecified atom stereocenters. The molecule has 0 aromatic heterocycles. The summed E-state index contributed by atoms with van der Waals surface area (Å²) in [5.74, 6) is 2.52. The van der Waals surface area contributed by atoms with Gasteiger partial charge in [-0.3, -0.25) is 4.90 Å². The van der Waals surface area contributed by atoms with E-state index in [9.17, 15) is 5.11 Å². The highest BCUT2D eigenvalue weighted by atomic mass is 16.3. The minimum Gasteiger partial charge on any atom is -0.392 e. The molecule has 0 radical (unpaired) electrons. The van der Waals surface area contributed by atoms with E-state index >= 15 is 0 Å². The number of hydrogen-bond acceptors (Lipinski definition) is 3. The molecule has 0 amide bonds. The monoisotopic (exact) mass is 280 g/mol. The molecule has 3 aliphatic rings. The molecule has 3 fully saturated rings. The van der Waals surface area contributed by atoms with Gasteiger partial charge in [-0.1, -0.05) is 6.92 Å². The van der Waals surface area contributed by atoms with Crippen molar-refractivity contribution in [2.45, 2.75) is 64.1 Å². The molecule has 2 aliphatic heterocycles. The van der Waals surface area contributed by atoms with E-state index in [1.165, 1.54) is 38.8 Å². The van der Waals surface area contributed by atoms with Crippen LogP contribution in [0.1, 0.15) is 46.0 Å². The summed E-state index contributed by atoms with van der Waals surface area (Å²) in [5.41, 5.74) is 0. The topological polar surface area (TPSA) is 26.7 Å². The number of fused-ring (bicyclic) bond motifs is 1. The van der Waals surface area contributed by atoms with Crippen LogP contribution >= 0.6 is 0 Å². The van der Waals surface area contributed by atoms with Gasteiger partial charge >= 0.3 is 0 Å². The maximum atomic E-state index is 10.0. The third-order valence-corrected chi connectivity index (χ3v) is 6.21. The molecule has 3 nitrogen and oxygen atoms in total. The van der Waals surface area contributed by atoms with Gasteiger partial charge in [0.2, 0.25) is 0 Å². The maximum Gasteiger partial charge on any atom is 0.0670 e. The van der Waals surface area contributed by atoms with Gasteiger partial charge in [0.1, 0.15) is 0 Å². The first-order valence-electron chi connectivity index (χ1n) is 8.65. The average Bonchev–Trinajstić information content (AvgIpc) is 2.38. The van der Waals surface area contributed by atoms with Crippen LogP contribution in [0, 0.1) is 17.8 Å². The van der Waals surface area contributed by atoms with Crippen LogP contribution in [-0.2, 0) is 0 Å². The highest BCUT2D eigenvalue weighted by Crippen LogP contribution is 2.40. The lowest BCUT2D eigenvalue weighted by Crippen LogP contribution is -2.53. The number of aliphatic hydroxyl groups is 1. The summed E-state index contributed by atoms with van der Waals surface area (Å²) in [7, 11) is 2.29. The normalized spacial score (nSPS) is 48.0. The summed E-state index contributed by atoms with van der Waals surface area (Å²) in [6.07, 6.45) is 6.41. The van der Waals surface area contributed by atoms with Crippen molar-refractivity contribution in [1.29, 1.82) is 0 Å². The standard InChI is InChI=1S/C17H32N2O/c1-12-6-17(20)11-19(9-12)16-5-4-14-10-18(3)13(2)7-15(14)8-16/h12-17,20H,4-11H2,1-3H3/t12-,13-,14+,15+,16+,17+/m1/s1. The average molecular weight is 280 g/mol. The number of nitrogens with zero attached hydrogens (tertiary/aromatic N) is 2. The zero-order valence-electron chi connectivity index (χ0n) is 13.5. The van der Waals surface area contributed by atoms with Crippen molar-refractivity contribution in [2.75, 3.05) is 26.7 Å².